The Bertz CT molecular complexity index is 1020. The molecule has 0 unspecified atom stereocenters. The molecule has 8 nitrogen and oxygen atoms in total. The van der Waals surface area contributed by atoms with Gasteiger partial charge in [-0.3, -0.25) is 4.79 Å². The minimum atomic E-state index is -0.546. The highest BCUT2D eigenvalue weighted by atomic mass is 32.1. The Kier molecular flexibility index (Phi) is 5.43. The molecule has 1 amide bonds. The molecule has 2 N–H and O–H groups in total. The molecule has 0 fully saturated rings. The van der Waals surface area contributed by atoms with Gasteiger partial charge in [0.05, 0.1) is 32.3 Å². The summed E-state index contributed by atoms with van der Waals surface area (Å²) in [5, 5.41) is 12.8. The van der Waals surface area contributed by atoms with Crippen molar-refractivity contribution in [1.82, 2.24) is 14.3 Å². The largest absolute Gasteiger partial charge is 0.493 e. The number of pyridine rings is 1. The number of aromatic nitrogens is 2. The van der Waals surface area contributed by atoms with Crippen LogP contribution < -0.4 is 20.3 Å². The lowest BCUT2D eigenvalue weighted by Crippen LogP contribution is -2.34. The van der Waals surface area contributed by atoms with Gasteiger partial charge in [0.15, 0.2) is 11.5 Å². The predicted molar refractivity (Wildman–Crippen MR) is 102 cm³/mol. The Labute approximate surface area is 159 Å². The van der Waals surface area contributed by atoms with Gasteiger partial charge in [-0.25, -0.2) is 9.78 Å². The summed E-state index contributed by atoms with van der Waals surface area (Å²) in [6, 6.07) is 5.75. The van der Waals surface area contributed by atoms with Crippen molar-refractivity contribution in [3.8, 4) is 11.5 Å². The zero-order chi connectivity index (χ0) is 19.6. The number of rotatable bonds is 5. The fraction of sp³-hybridized carbons (Fsp3) is 0.278. The molecule has 0 saturated heterocycles. The van der Waals surface area contributed by atoms with Gasteiger partial charge in [0.1, 0.15) is 4.83 Å². The summed E-state index contributed by atoms with van der Waals surface area (Å²) < 4.78 is 11.6. The highest BCUT2D eigenvalue weighted by Gasteiger charge is 2.19. The number of hydrogen-bond acceptors (Lipinski definition) is 7. The molecule has 2 aromatic heterocycles. The highest BCUT2D eigenvalue weighted by molar-refractivity contribution is 7.14. The molecule has 0 saturated carbocycles. The third kappa shape index (κ3) is 3.51. The molecule has 3 rings (SSSR count). The van der Waals surface area contributed by atoms with E-state index < -0.39 is 17.6 Å². The molecule has 1 aromatic carbocycles. The number of aliphatic hydroxyl groups excluding tert-OH is 1. The van der Waals surface area contributed by atoms with E-state index in [9.17, 15) is 14.7 Å². The van der Waals surface area contributed by atoms with E-state index in [4.69, 9.17) is 9.47 Å². The van der Waals surface area contributed by atoms with Gasteiger partial charge < -0.3 is 19.9 Å². The van der Waals surface area contributed by atoms with Crippen LogP contribution in [-0.4, -0.2) is 34.3 Å². The van der Waals surface area contributed by atoms with Crippen LogP contribution in [0.1, 0.15) is 24.1 Å². The average molecular weight is 389 g/mol. The summed E-state index contributed by atoms with van der Waals surface area (Å²) in [7, 11) is 2.99. The third-order valence-electron chi connectivity index (χ3n) is 4.14. The van der Waals surface area contributed by atoms with Gasteiger partial charge in [0.25, 0.3) is 5.56 Å². The molecule has 3 aromatic rings. The van der Waals surface area contributed by atoms with Crippen LogP contribution in [0.3, 0.4) is 0 Å². The van der Waals surface area contributed by atoms with E-state index in [0.29, 0.717) is 32.8 Å². The van der Waals surface area contributed by atoms with Crippen molar-refractivity contribution < 1.29 is 19.4 Å². The lowest BCUT2D eigenvalue weighted by atomic mass is 10.0. The van der Waals surface area contributed by atoms with Crippen molar-refractivity contribution in [3.63, 3.8) is 0 Å². The SMILES string of the molecule is COc1cc([C@H](C)NC(=O)n2sc3ncccc3c2=O)cc(CO)c1OC. The van der Waals surface area contributed by atoms with Crippen molar-refractivity contribution >= 4 is 27.8 Å². The summed E-state index contributed by atoms with van der Waals surface area (Å²) in [5.41, 5.74) is 0.838. The summed E-state index contributed by atoms with van der Waals surface area (Å²) in [5.74, 6) is 0.887. The maximum Gasteiger partial charge on any atom is 0.338 e. The molecule has 0 aliphatic carbocycles. The second-order valence-electron chi connectivity index (χ2n) is 5.79. The molecular formula is C18H19N3O5S. The maximum absolute atomic E-state index is 12.6. The van der Waals surface area contributed by atoms with E-state index in [2.05, 4.69) is 10.3 Å². The molecule has 0 radical (unpaired) electrons. The van der Waals surface area contributed by atoms with Crippen LogP contribution in [0, 0.1) is 0 Å². The normalized spacial score (nSPS) is 12.0. The number of amides is 1. The number of nitrogens with one attached hydrogen (secondary N) is 1. The van der Waals surface area contributed by atoms with Crippen molar-refractivity contribution in [1.29, 1.82) is 0 Å². The monoisotopic (exact) mass is 389 g/mol. The summed E-state index contributed by atoms with van der Waals surface area (Å²) in [6.07, 6.45) is 1.57. The fourth-order valence-electron chi connectivity index (χ4n) is 2.76. The Balaban J connectivity index is 1.90. The zero-order valence-corrected chi connectivity index (χ0v) is 15.9. The molecule has 27 heavy (non-hydrogen) atoms. The van der Waals surface area contributed by atoms with Crippen LogP contribution in [0.5, 0.6) is 11.5 Å². The molecule has 0 aliphatic rings. The lowest BCUT2D eigenvalue weighted by molar-refractivity contribution is 0.241. The number of fused-ring (bicyclic) bond motifs is 1. The number of ether oxygens (including phenoxy) is 2. The van der Waals surface area contributed by atoms with Gasteiger partial charge in [0.2, 0.25) is 0 Å². The second kappa shape index (κ2) is 7.77. The van der Waals surface area contributed by atoms with Crippen LogP contribution in [0.4, 0.5) is 4.79 Å². The number of methoxy groups -OCH3 is 2. The molecule has 1 atom stereocenters. The first-order valence-electron chi connectivity index (χ1n) is 8.13. The predicted octanol–water partition coefficient (Wildman–Crippen LogP) is 2.29. The Hall–Kier alpha value is -2.91. The van der Waals surface area contributed by atoms with E-state index >= 15 is 0 Å². The lowest BCUT2D eigenvalue weighted by Gasteiger charge is -2.18. The van der Waals surface area contributed by atoms with E-state index in [0.717, 1.165) is 15.5 Å². The average Bonchev–Trinajstić information content (AvgIpc) is 3.03. The summed E-state index contributed by atoms with van der Waals surface area (Å²) in [4.78, 5) is 29.6. The van der Waals surface area contributed by atoms with Crippen molar-refractivity contribution in [2.75, 3.05) is 14.2 Å². The Morgan fingerprint density at radius 2 is 2.15 bits per heavy atom. The number of hydrogen-bond donors (Lipinski definition) is 2. The fourth-order valence-corrected chi connectivity index (χ4v) is 3.61. The van der Waals surface area contributed by atoms with Gasteiger partial charge >= 0.3 is 6.03 Å². The molecule has 0 spiro atoms. The van der Waals surface area contributed by atoms with Gasteiger partial charge in [-0.05, 0) is 48.3 Å². The van der Waals surface area contributed by atoms with Crippen molar-refractivity contribution in [2.24, 2.45) is 0 Å². The molecule has 2 heterocycles. The van der Waals surface area contributed by atoms with E-state index in [1.54, 1.807) is 37.4 Å². The van der Waals surface area contributed by atoms with Gasteiger partial charge in [-0.1, -0.05) is 0 Å². The summed E-state index contributed by atoms with van der Waals surface area (Å²) >= 11 is 0.987. The summed E-state index contributed by atoms with van der Waals surface area (Å²) in [6.45, 7) is 1.53. The van der Waals surface area contributed by atoms with Gasteiger partial charge in [-0.15, -0.1) is 0 Å². The second-order valence-corrected chi connectivity index (χ2v) is 6.73. The first-order chi connectivity index (χ1) is 13.0. The van der Waals surface area contributed by atoms with Crippen LogP contribution in [-0.2, 0) is 6.61 Å². The standard InChI is InChI=1S/C18H19N3O5S/c1-10(11-7-12(9-22)15(26-3)14(8-11)25-2)20-18(24)21-17(23)13-5-4-6-19-16(13)27-21/h4-8,10,22H,9H2,1-3H3,(H,20,24)/t10-/m0/s1. The number of benzene rings is 1. The Morgan fingerprint density at radius 1 is 1.37 bits per heavy atom. The number of aliphatic hydroxyl groups is 1. The van der Waals surface area contributed by atoms with E-state index in [1.165, 1.54) is 14.2 Å². The quantitative estimate of drug-likeness (QED) is 0.694. The first-order valence-corrected chi connectivity index (χ1v) is 8.91. The van der Waals surface area contributed by atoms with Crippen molar-refractivity contribution in [2.45, 2.75) is 19.6 Å². The van der Waals surface area contributed by atoms with Crippen LogP contribution in [0.15, 0.2) is 35.3 Å². The maximum atomic E-state index is 12.6. The smallest absolute Gasteiger partial charge is 0.338 e. The Morgan fingerprint density at radius 3 is 2.78 bits per heavy atom. The van der Waals surface area contributed by atoms with Crippen molar-refractivity contribution in [3.05, 3.63) is 51.9 Å². The number of carbonyl (C=O) groups is 1. The first kappa shape index (κ1) is 18.9. The molecule has 0 bridgehead atoms. The third-order valence-corrected chi connectivity index (χ3v) is 5.15. The van der Waals surface area contributed by atoms with Gasteiger partial charge in [-0.2, -0.15) is 3.96 Å². The number of nitrogens with zero attached hydrogens (tertiary/aromatic N) is 2. The molecule has 142 valence electrons. The molecular weight excluding hydrogens is 370 g/mol. The van der Waals surface area contributed by atoms with Gasteiger partial charge in [0, 0.05) is 11.8 Å². The topological polar surface area (TPSA) is 103 Å². The highest BCUT2D eigenvalue weighted by Crippen LogP contribution is 2.34. The van der Waals surface area contributed by atoms with Crippen LogP contribution in [0.2, 0.25) is 0 Å². The van der Waals surface area contributed by atoms with Crippen LogP contribution >= 0.6 is 11.5 Å². The minimum Gasteiger partial charge on any atom is -0.493 e. The van der Waals surface area contributed by atoms with E-state index in [1.807, 2.05) is 0 Å². The minimum absolute atomic E-state index is 0.241. The molecule has 9 heteroatoms. The molecule has 0 aliphatic heterocycles. The number of carbonyl (C=O) groups excluding carboxylic acids is 1. The van der Waals surface area contributed by atoms with E-state index in [-0.39, 0.29) is 6.61 Å². The zero-order valence-electron chi connectivity index (χ0n) is 15.1. The van der Waals surface area contributed by atoms with Crippen LogP contribution in [0.25, 0.3) is 10.2 Å².